The molecular formula is C35H57N5O7S. The van der Waals surface area contributed by atoms with Crippen LogP contribution in [-0.4, -0.2) is 90.1 Å². The Bertz CT molecular complexity index is 1400. The van der Waals surface area contributed by atoms with E-state index in [0.717, 1.165) is 38.5 Å². The highest BCUT2D eigenvalue weighted by Gasteiger charge is 2.70. The molecule has 1 unspecified atom stereocenters. The van der Waals surface area contributed by atoms with Gasteiger partial charge in [-0.3, -0.25) is 19.2 Å². The number of likely N-dealkylation sites (tertiary alicyclic amines) is 1. The fraction of sp³-hybridized carbons (Fsp3) is 0.857. The number of carbonyl (C=O) groups is 5. The predicted molar refractivity (Wildman–Crippen MR) is 181 cm³/mol. The van der Waals surface area contributed by atoms with Crippen LogP contribution in [0.1, 0.15) is 119 Å². The van der Waals surface area contributed by atoms with Crippen LogP contribution in [0.25, 0.3) is 0 Å². The summed E-state index contributed by atoms with van der Waals surface area (Å²) in [5.74, 6) is -2.14. The van der Waals surface area contributed by atoms with Crippen LogP contribution >= 0.6 is 0 Å². The topological polar surface area (TPSA) is 171 Å². The summed E-state index contributed by atoms with van der Waals surface area (Å²) >= 11 is 0. The average molecular weight is 692 g/mol. The SMILES string of the molecule is CCCCC(NC(=O)[C@@H]1[C@@H]2[C@H](CN1C(=O)[C@@H](NC(=O)NC1([C@@H]3CCCS3(=O)=O)CCCCC1)C(C)(C)C)C2(C)C)C(=O)C(=O)NC1CC1. The van der Waals surface area contributed by atoms with Gasteiger partial charge in [-0.25, -0.2) is 13.2 Å². The Hall–Kier alpha value is -2.70. The zero-order valence-electron chi connectivity index (χ0n) is 29.7. The van der Waals surface area contributed by atoms with Gasteiger partial charge < -0.3 is 26.2 Å². The van der Waals surface area contributed by atoms with Gasteiger partial charge in [0, 0.05) is 12.6 Å². The molecule has 4 N–H and O–H groups in total. The monoisotopic (exact) mass is 691 g/mol. The zero-order valence-corrected chi connectivity index (χ0v) is 30.5. The summed E-state index contributed by atoms with van der Waals surface area (Å²) in [6.07, 6.45) is 8.28. The number of rotatable bonds is 12. The third-order valence-electron chi connectivity index (χ3n) is 11.8. The van der Waals surface area contributed by atoms with Crippen molar-refractivity contribution in [2.75, 3.05) is 12.3 Å². The van der Waals surface area contributed by atoms with Crippen molar-refractivity contribution < 1.29 is 32.4 Å². The van der Waals surface area contributed by atoms with Gasteiger partial charge in [0.05, 0.1) is 22.6 Å². The molecule has 0 aromatic heterocycles. The van der Waals surface area contributed by atoms with Crippen LogP contribution in [0, 0.1) is 22.7 Å². The standard InChI is InChI=1S/C35H57N5O7S/c1-7-8-13-23(27(41)30(43)36-21-15-16-21)37-29(42)26-25-22(34(25,5)6)20-40(26)31(44)28(33(2,3)4)38-32(45)39-35(17-10-9-11-18-35)24-14-12-19-48(24,46)47/h21-26,28H,7-20H2,1-6H3,(H,36,43)(H,37,42)(H2,38,39,45)/t22-,23?,24-,25-,26-,28+/m0/s1. The Morgan fingerprint density at radius 1 is 0.938 bits per heavy atom. The maximum Gasteiger partial charge on any atom is 0.315 e. The van der Waals surface area contributed by atoms with Crippen LogP contribution in [0.4, 0.5) is 4.79 Å². The summed E-state index contributed by atoms with van der Waals surface area (Å²) in [6.45, 7) is 12.0. The predicted octanol–water partition coefficient (Wildman–Crippen LogP) is 2.99. The number of nitrogens with zero attached hydrogens (tertiary/aromatic N) is 1. The number of hydrogen-bond donors (Lipinski definition) is 4. The molecule has 0 spiro atoms. The molecule has 2 saturated heterocycles. The molecule has 5 aliphatic rings. The minimum absolute atomic E-state index is 0.00883. The lowest BCUT2D eigenvalue weighted by Crippen LogP contribution is -2.65. The summed E-state index contributed by atoms with van der Waals surface area (Å²) < 4.78 is 26.1. The van der Waals surface area contributed by atoms with Crippen LogP contribution in [0.2, 0.25) is 0 Å². The van der Waals surface area contributed by atoms with E-state index in [1.807, 2.05) is 27.7 Å². The molecule has 5 rings (SSSR count). The van der Waals surface area contributed by atoms with Gasteiger partial charge in [0.2, 0.25) is 17.6 Å². The van der Waals surface area contributed by atoms with E-state index >= 15 is 0 Å². The molecule has 2 heterocycles. The van der Waals surface area contributed by atoms with Gasteiger partial charge in [-0.2, -0.15) is 0 Å². The first-order chi connectivity index (χ1) is 22.4. The van der Waals surface area contributed by atoms with Crippen molar-refractivity contribution in [3.63, 3.8) is 0 Å². The van der Waals surface area contributed by atoms with E-state index < -0.39 is 73.7 Å². The second-order valence-corrected chi connectivity index (χ2v) is 19.1. The molecule has 5 amide bonds. The summed E-state index contributed by atoms with van der Waals surface area (Å²) in [7, 11) is -3.35. The maximum atomic E-state index is 14.5. The molecular weight excluding hydrogens is 634 g/mol. The molecule has 13 heteroatoms. The summed E-state index contributed by atoms with van der Waals surface area (Å²) in [5, 5.41) is 10.9. The maximum absolute atomic E-state index is 14.5. The minimum Gasteiger partial charge on any atom is -0.347 e. The smallest absolute Gasteiger partial charge is 0.315 e. The second kappa shape index (κ2) is 13.5. The number of ketones is 1. The van der Waals surface area contributed by atoms with Gasteiger partial charge in [-0.1, -0.05) is 73.6 Å². The Balaban J connectivity index is 1.34. The molecule has 270 valence electrons. The molecule has 12 nitrogen and oxygen atoms in total. The number of hydrogen-bond acceptors (Lipinski definition) is 7. The van der Waals surface area contributed by atoms with Gasteiger partial charge >= 0.3 is 6.03 Å². The van der Waals surface area contributed by atoms with E-state index in [2.05, 4.69) is 35.1 Å². The number of piperidine rings is 1. The molecule has 3 saturated carbocycles. The number of fused-ring (bicyclic) bond motifs is 1. The molecule has 0 aromatic rings. The highest BCUT2D eigenvalue weighted by molar-refractivity contribution is 7.92. The summed E-state index contributed by atoms with van der Waals surface area (Å²) in [6, 6.07) is -3.42. The van der Waals surface area contributed by atoms with Crippen molar-refractivity contribution in [3.05, 3.63) is 0 Å². The number of nitrogens with one attached hydrogen (secondary N) is 4. The average Bonchev–Trinajstić information content (AvgIpc) is 3.79. The van der Waals surface area contributed by atoms with Crippen LogP contribution in [0.3, 0.4) is 0 Å². The van der Waals surface area contributed by atoms with Crippen LogP contribution < -0.4 is 21.3 Å². The van der Waals surface area contributed by atoms with Crippen molar-refractivity contribution in [3.8, 4) is 0 Å². The molecule has 0 bridgehead atoms. The molecule has 3 aliphatic carbocycles. The van der Waals surface area contributed by atoms with E-state index in [1.165, 1.54) is 0 Å². The van der Waals surface area contributed by atoms with Crippen molar-refractivity contribution in [2.45, 2.75) is 154 Å². The minimum atomic E-state index is -3.35. The first-order valence-corrected chi connectivity index (χ1v) is 19.9. The Morgan fingerprint density at radius 2 is 1.60 bits per heavy atom. The van der Waals surface area contributed by atoms with Gasteiger partial charge in [-0.05, 0) is 67.6 Å². The fourth-order valence-corrected chi connectivity index (χ4v) is 11.1. The number of sulfone groups is 1. The van der Waals surface area contributed by atoms with Crippen LogP contribution in [-0.2, 0) is 29.0 Å². The molecule has 6 atom stereocenters. The lowest BCUT2D eigenvalue weighted by molar-refractivity contribution is -0.145. The van der Waals surface area contributed by atoms with Crippen molar-refractivity contribution in [2.24, 2.45) is 22.7 Å². The first-order valence-electron chi connectivity index (χ1n) is 18.2. The van der Waals surface area contributed by atoms with Crippen molar-refractivity contribution in [1.82, 2.24) is 26.2 Å². The second-order valence-electron chi connectivity index (χ2n) is 16.8. The lowest BCUT2D eigenvalue weighted by Gasteiger charge is -2.43. The van der Waals surface area contributed by atoms with E-state index in [0.29, 0.717) is 45.1 Å². The highest BCUT2D eigenvalue weighted by Crippen LogP contribution is 2.65. The molecule has 0 radical (unpaired) electrons. The van der Waals surface area contributed by atoms with Crippen molar-refractivity contribution in [1.29, 1.82) is 0 Å². The Kier molecular flexibility index (Phi) is 10.3. The summed E-state index contributed by atoms with van der Waals surface area (Å²) in [5.41, 5.74) is -1.80. The van der Waals surface area contributed by atoms with Gasteiger partial charge in [0.25, 0.3) is 5.91 Å². The number of unbranched alkanes of at least 4 members (excludes halogenated alkanes) is 1. The van der Waals surface area contributed by atoms with E-state index in [1.54, 1.807) is 4.90 Å². The Labute approximate surface area is 286 Å². The van der Waals surface area contributed by atoms with E-state index in [4.69, 9.17) is 0 Å². The third kappa shape index (κ3) is 7.40. The van der Waals surface area contributed by atoms with Gasteiger partial charge in [-0.15, -0.1) is 0 Å². The Morgan fingerprint density at radius 3 is 2.17 bits per heavy atom. The van der Waals surface area contributed by atoms with E-state index in [-0.39, 0.29) is 29.0 Å². The normalized spacial score (nSPS) is 29.6. The summed E-state index contributed by atoms with van der Waals surface area (Å²) in [4.78, 5) is 69.7. The fourth-order valence-electron chi connectivity index (χ4n) is 8.72. The van der Waals surface area contributed by atoms with Crippen molar-refractivity contribution >= 4 is 39.4 Å². The third-order valence-corrected chi connectivity index (χ3v) is 14.2. The lowest BCUT2D eigenvalue weighted by atomic mass is 9.78. The number of urea groups is 1. The first kappa shape index (κ1) is 36.6. The quantitative estimate of drug-likeness (QED) is 0.228. The zero-order chi connectivity index (χ0) is 35.2. The van der Waals surface area contributed by atoms with Gasteiger partial charge in [0.1, 0.15) is 12.1 Å². The number of Topliss-reactive ketones (excluding diaryl/α,β-unsaturated/α-hetero) is 1. The van der Waals surface area contributed by atoms with Crippen LogP contribution in [0.15, 0.2) is 0 Å². The van der Waals surface area contributed by atoms with E-state index in [9.17, 15) is 32.4 Å². The molecule has 0 aromatic carbocycles. The highest BCUT2D eigenvalue weighted by atomic mass is 32.2. The number of amides is 5. The number of carbonyl (C=O) groups excluding carboxylic acids is 5. The van der Waals surface area contributed by atoms with Crippen LogP contribution in [0.5, 0.6) is 0 Å². The molecule has 2 aliphatic heterocycles. The molecule has 5 fully saturated rings. The molecule has 48 heavy (non-hydrogen) atoms. The largest absolute Gasteiger partial charge is 0.347 e. The van der Waals surface area contributed by atoms with Gasteiger partial charge in [0.15, 0.2) is 9.84 Å².